The molecule has 5 heteroatoms. The molecule has 2 fully saturated rings. The standard InChI is InChI=1S/C12H23N3OS/c1-9-6-11(8-17-9)14-10-2-4-15(5-3-10)7-12(13)16/h9-11,14H,2-8H2,1H3,(H2,13,16). The third-order valence-corrected chi connectivity index (χ3v) is 4.99. The maximum atomic E-state index is 10.8. The van der Waals surface area contributed by atoms with Crippen LogP contribution in [0.3, 0.4) is 0 Å². The maximum Gasteiger partial charge on any atom is 0.231 e. The molecule has 3 N–H and O–H groups in total. The number of nitrogens with two attached hydrogens (primary N) is 1. The molecule has 2 saturated heterocycles. The molecule has 2 unspecified atom stereocenters. The average molecular weight is 257 g/mol. The molecule has 2 rings (SSSR count). The minimum absolute atomic E-state index is 0.211. The van der Waals surface area contributed by atoms with E-state index in [9.17, 15) is 4.79 Å². The summed E-state index contributed by atoms with van der Waals surface area (Å²) in [6.45, 7) is 4.72. The fourth-order valence-electron chi connectivity index (χ4n) is 2.74. The number of nitrogens with one attached hydrogen (secondary N) is 1. The predicted molar refractivity (Wildman–Crippen MR) is 72.1 cm³/mol. The van der Waals surface area contributed by atoms with Gasteiger partial charge in [0.15, 0.2) is 0 Å². The molecular weight excluding hydrogens is 234 g/mol. The highest BCUT2D eigenvalue weighted by atomic mass is 32.2. The Balaban J connectivity index is 1.67. The van der Waals surface area contributed by atoms with Gasteiger partial charge in [-0.1, -0.05) is 6.92 Å². The van der Waals surface area contributed by atoms with Gasteiger partial charge in [-0.15, -0.1) is 0 Å². The highest BCUT2D eigenvalue weighted by molar-refractivity contribution is 8.00. The average Bonchev–Trinajstić information content (AvgIpc) is 2.66. The van der Waals surface area contributed by atoms with Crippen LogP contribution in [0, 0.1) is 0 Å². The van der Waals surface area contributed by atoms with E-state index in [1.807, 2.05) is 0 Å². The van der Waals surface area contributed by atoms with Crippen LogP contribution >= 0.6 is 11.8 Å². The zero-order valence-electron chi connectivity index (χ0n) is 10.5. The van der Waals surface area contributed by atoms with Crippen LogP contribution in [0.25, 0.3) is 0 Å². The van der Waals surface area contributed by atoms with Gasteiger partial charge in [-0.3, -0.25) is 9.69 Å². The van der Waals surface area contributed by atoms with E-state index in [0.717, 1.165) is 31.2 Å². The molecule has 2 aliphatic rings. The number of hydrogen-bond donors (Lipinski definition) is 2. The lowest BCUT2D eigenvalue weighted by atomic mass is 10.0. The number of carbonyl (C=O) groups excluding carboxylic acids is 1. The lowest BCUT2D eigenvalue weighted by Crippen LogP contribution is -2.48. The highest BCUT2D eigenvalue weighted by Gasteiger charge is 2.26. The normalized spacial score (nSPS) is 31.8. The number of carbonyl (C=O) groups is 1. The van der Waals surface area contributed by atoms with E-state index in [1.165, 1.54) is 12.2 Å². The first kappa shape index (κ1) is 13.2. The monoisotopic (exact) mass is 257 g/mol. The molecule has 0 saturated carbocycles. The molecule has 1 amide bonds. The topological polar surface area (TPSA) is 58.4 Å². The molecule has 2 aliphatic heterocycles. The number of thioether (sulfide) groups is 1. The molecule has 0 bridgehead atoms. The summed E-state index contributed by atoms with van der Waals surface area (Å²) in [4.78, 5) is 13.0. The number of amides is 1. The van der Waals surface area contributed by atoms with Gasteiger partial charge in [-0.05, 0) is 19.3 Å². The van der Waals surface area contributed by atoms with E-state index < -0.39 is 0 Å². The second kappa shape index (κ2) is 6.07. The number of likely N-dealkylation sites (tertiary alicyclic amines) is 1. The van der Waals surface area contributed by atoms with Crippen molar-refractivity contribution in [1.82, 2.24) is 10.2 Å². The molecule has 0 aromatic rings. The lowest BCUT2D eigenvalue weighted by Gasteiger charge is -2.33. The summed E-state index contributed by atoms with van der Waals surface area (Å²) < 4.78 is 0. The van der Waals surface area contributed by atoms with Crippen LogP contribution < -0.4 is 11.1 Å². The Labute approximate surface area is 108 Å². The van der Waals surface area contributed by atoms with E-state index in [4.69, 9.17) is 5.73 Å². The van der Waals surface area contributed by atoms with Crippen molar-refractivity contribution < 1.29 is 4.79 Å². The first-order chi connectivity index (χ1) is 8.13. The summed E-state index contributed by atoms with van der Waals surface area (Å²) in [5, 5.41) is 4.57. The third-order valence-electron chi connectivity index (χ3n) is 3.64. The van der Waals surface area contributed by atoms with Crippen LogP contribution in [0.2, 0.25) is 0 Å². The SMILES string of the molecule is CC1CC(NC2CCN(CC(N)=O)CC2)CS1. The van der Waals surface area contributed by atoms with Gasteiger partial charge in [0.25, 0.3) is 0 Å². The summed E-state index contributed by atoms with van der Waals surface area (Å²) in [6, 6.07) is 1.33. The summed E-state index contributed by atoms with van der Waals surface area (Å²) in [5.41, 5.74) is 5.21. The van der Waals surface area contributed by atoms with Crippen molar-refractivity contribution in [3.63, 3.8) is 0 Å². The number of piperidine rings is 1. The Kier molecular flexibility index (Phi) is 4.70. The fraction of sp³-hybridized carbons (Fsp3) is 0.917. The van der Waals surface area contributed by atoms with Crippen LogP contribution in [-0.2, 0) is 4.79 Å². The van der Waals surface area contributed by atoms with E-state index in [1.54, 1.807) is 0 Å². The minimum Gasteiger partial charge on any atom is -0.369 e. The van der Waals surface area contributed by atoms with Crippen molar-refractivity contribution in [3.05, 3.63) is 0 Å². The van der Waals surface area contributed by atoms with Crippen LogP contribution in [0.4, 0.5) is 0 Å². The predicted octanol–water partition coefficient (Wildman–Crippen LogP) is 0.420. The smallest absolute Gasteiger partial charge is 0.231 e. The Morgan fingerprint density at radius 3 is 2.65 bits per heavy atom. The van der Waals surface area contributed by atoms with Gasteiger partial charge in [0.1, 0.15) is 0 Å². The zero-order chi connectivity index (χ0) is 12.3. The molecule has 0 radical (unpaired) electrons. The summed E-state index contributed by atoms with van der Waals surface area (Å²) in [6.07, 6.45) is 3.58. The van der Waals surface area contributed by atoms with Crippen molar-refractivity contribution in [2.75, 3.05) is 25.4 Å². The van der Waals surface area contributed by atoms with Crippen LogP contribution in [0.5, 0.6) is 0 Å². The lowest BCUT2D eigenvalue weighted by molar-refractivity contribution is -0.119. The van der Waals surface area contributed by atoms with Crippen molar-refractivity contribution in [2.24, 2.45) is 5.73 Å². The second-order valence-corrected chi connectivity index (χ2v) is 6.73. The van der Waals surface area contributed by atoms with Gasteiger partial charge in [0, 0.05) is 36.2 Å². The quantitative estimate of drug-likeness (QED) is 0.766. The first-order valence-electron chi connectivity index (χ1n) is 6.52. The van der Waals surface area contributed by atoms with Gasteiger partial charge in [-0.2, -0.15) is 11.8 Å². The largest absolute Gasteiger partial charge is 0.369 e. The van der Waals surface area contributed by atoms with Gasteiger partial charge in [0.2, 0.25) is 5.91 Å². The van der Waals surface area contributed by atoms with Crippen LogP contribution in [0.1, 0.15) is 26.2 Å². The molecule has 0 spiro atoms. The van der Waals surface area contributed by atoms with Crippen molar-refractivity contribution in [3.8, 4) is 0 Å². The summed E-state index contributed by atoms with van der Waals surface area (Å²) in [5.74, 6) is 1.04. The Hall–Kier alpha value is -0.260. The Bertz CT molecular complexity index is 266. The molecule has 4 nitrogen and oxygen atoms in total. The molecule has 0 aliphatic carbocycles. The fourth-order valence-corrected chi connectivity index (χ4v) is 3.91. The second-order valence-electron chi connectivity index (χ2n) is 5.26. The van der Waals surface area contributed by atoms with Crippen LogP contribution in [0.15, 0.2) is 0 Å². The van der Waals surface area contributed by atoms with Crippen molar-refractivity contribution >= 4 is 17.7 Å². The van der Waals surface area contributed by atoms with Gasteiger partial charge < -0.3 is 11.1 Å². The molecule has 0 aromatic carbocycles. The minimum atomic E-state index is -0.211. The van der Waals surface area contributed by atoms with E-state index in [2.05, 4.69) is 28.9 Å². The van der Waals surface area contributed by atoms with Crippen LogP contribution in [-0.4, -0.2) is 53.5 Å². The van der Waals surface area contributed by atoms with Crippen molar-refractivity contribution in [2.45, 2.75) is 43.5 Å². The third kappa shape index (κ3) is 4.16. The Morgan fingerprint density at radius 1 is 1.41 bits per heavy atom. The zero-order valence-corrected chi connectivity index (χ0v) is 11.3. The molecule has 0 aromatic heterocycles. The van der Waals surface area contributed by atoms with E-state index in [0.29, 0.717) is 18.6 Å². The molecule has 2 atom stereocenters. The van der Waals surface area contributed by atoms with E-state index >= 15 is 0 Å². The number of rotatable bonds is 4. The molecular formula is C12H23N3OS. The maximum absolute atomic E-state index is 10.8. The number of nitrogens with zero attached hydrogens (tertiary/aromatic N) is 1. The number of primary amides is 1. The van der Waals surface area contributed by atoms with E-state index in [-0.39, 0.29) is 5.91 Å². The summed E-state index contributed by atoms with van der Waals surface area (Å²) >= 11 is 2.07. The summed E-state index contributed by atoms with van der Waals surface area (Å²) in [7, 11) is 0. The Morgan fingerprint density at radius 2 is 2.12 bits per heavy atom. The van der Waals surface area contributed by atoms with Gasteiger partial charge >= 0.3 is 0 Å². The molecule has 98 valence electrons. The molecule has 2 heterocycles. The van der Waals surface area contributed by atoms with Gasteiger partial charge in [0.05, 0.1) is 6.54 Å². The van der Waals surface area contributed by atoms with Crippen molar-refractivity contribution in [1.29, 1.82) is 0 Å². The highest BCUT2D eigenvalue weighted by Crippen LogP contribution is 2.27. The first-order valence-corrected chi connectivity index (χ1v) is 7.56. The van der Waals surface area contributed by atoms with Gasteiger partial charge in [-0.25, -0.2) is 0 Å². The number of hydrogen-bond acceptors (Lipinski definition) is 4. The molecule has 17 heavy (non-hydrogen) atoms.